The van der Waals surface area contributed by atoms with Crippen LogP contribution in [0.2, 0.25) is 0 Å². The lowest BCUT2D eigenvalue weighted by molar-refractivity contribution is 0.0712. The maximum atomic E-state index is 13.5. The summed E-state index contributed by atoms with van der Waals surface area (Å²) < 4.78 is 26.6. The minimum absolute atomic E-state index is 0.689. The van der Waals surface area contributed by atoms with Crippen LogP contribution < -0.4 is 0 Å². The van der Waals surface area contributed by atoms with E-state index in [0.29, 0.717) is 6.42 Å². The Labute approximate surface area is 131 Å². The Morgan fingerprint density at radius 2 is 1.73 bits per heavy atom. The first-order valence-corrected chi connectivity index (χ1v) is 7.71. The van der Waals surface area contributed by atoms with E-state index in [-0.39, 0.29) is 0 Å². The molecule has 0 saturated carbocycles. The van der Waals surface area contributed by atoms with Crippen LogP contribution in [-0.2, 0) is 0 Å². The van der Waals surface area contributed by atoms with E-state index in [2.05, 4.69) is 6.92 Å². The number of rotatable bonds is 4. The van der Waals surface area contributed by atoms with Crippen molar-refractivity contribution in [3.8, 4) is 0 Å². The van der Waals surface area contributed by atoms with E-state index in [1.54, 1.807) is 6.07 Å². The molecule has 0 atom stereocenters. The van der Waals surface area contributed by atoms with E-state index in [4.69, 9.17) is 0 Å². The minimum atomic E-state index is -0.813. The van der Waals surface area contributed by atoms with E-state index in [1.165, 1.54) is 28.9 Å². The molecular weight excluding hydrogens is 282 g/mol. The van der Waals surface area contributed by atoms with Gasteiger partial charge in [-0.1, -0.05) is 22.8 Å². The van der Waals surface area contributed by atoms with Gasteiger partial charge < -0.3 is 5.11 Å². The molecule has 22 heavy (non-hydrogen) atoms. The Balaban J connectivity index is 2.23. The zero-order valence-corrected chi connectivity index (χ0v) is 13.8. The third-order valence-electron chi connectivity index (χ3n) is 4.35. The summed E-state index contributed by atoms with van der Waals surface area (Å²) in [6.45, 7) is 7.78. The predicted molar refractivity (Wildman–Crippen MR) is 86.4 cm³/mol. The van der Waals surface area contributed by atoms with Crippen molar-refractivity contribution >= 4 is 5.57 Å². The maximum absolute atomic E-state index is 13.5. The van der Waals surface area contributed by atoms with E-state index in [0.717, 1.165) is 30.4 Å². The molecule has 0 radical (unpaired) electrons. The van der Waals surface area contributed by atoms with Crippen molar-refractivity contribution in [3.05, 3.63) is 52.1 Å². The van der Waals surface area contributed by atoms with Crippen molar-refractivity contribution in [2.75, 3.05) is 0 Å². The molecule has 0 bridgehead atoms. The van der Waals surface area contributed by atoms with Crippen LogP contribution in [0, 0.1) is 11.6 Å². The Kier molecular flexibility index (Phi) is 4.86. The first-order valence-electron chi connectivity index (χ1n) is 7.71. The summed E-state index contributed by atoms with van der Waals surface area (Å²) in [7, 11) is 0. The van der Waals surface area contributed by atoms with Crippen molar-refractivity contribution in [1.29, 1.82) is 0 Å². The summed E-state index contributed by atoms with van der Waals surface area (Å²) in [6.07, 6.45) is 3.13. The fourth-order valence-electron chi connectivity index (χ4n) is 2.94. The summed E-state index contributed by atoms with van der Waals surface area (Å²) in [4.78, 5) is 0. The Bertz CT molecular complexity index is 633. The quantitative estimate of drug-likeness (QED) is 0.738. The van der Waals surface area contributed by atoms with Crippen LogP contribution in [-0.4, -0.2) is 10.7 Å². The lowest BCUT2D eigenvalue weighted by Gasteiger charge is -2.25. The van der Waals surface area contributed by atoms with E-state index in [9.17, 15) is 13.9 Å². The molecule has 1 N–H and O–H groups in total. The van der Waals surface area contributed by atoms with Gasteiger partial charge in [0.1, 0.15) is 0 Å². The van der Waals surface area contributed by atoms with Gasteiger partial charge in [-0.2, -0.15) is 0 Å². The molecule has 0 aromatic heterocycles. The molecule has 2 rings (SSSR count). The van der Waals surface area contributed by atoms with Gasteiger partial charge in [-0.25, -0.2) is 8.78 Å². The average Bonchev–Trinajstić information content (AvgIpc) is 2.40. The van der Waals surface area contributed by atoms with Crippen LogP contribution in [0.1, 0.15) is 58.9 Å². The standard InChI is InChI=1S/C19H24F2O/c1-12-9-13(2)16(10-14(12)7-8-19(3,4)22)15-5-6-17(20)18(21)11-15/h5-6,11,22H,7-10H2,1-4H3. The lowest BCUT2D eigenvalue weighted by Crippen LogP contribution is -2.18. The number of hydrogen-bond acceptors (Lipinski definition) is 1. The fourth-order valence-corrected chi connectivity index (χ4v) is 2.94. The molecule has 1 aromatic rings. The first-order chi connectivity index (χ1) is 10.2. The molecule has 1 aliphatic rings. The van der Waals surface area contributed by atoms with Crippen molar-refractivity contribution in [2.24, 2.45) is 0 Å². The van der Waals surface area contributed by atoms with Crippen LogP contribution in [0.5, 0.6) is 0 Å². The van der Waals surface area contributed by atoms with Crippen LogP contribution in [0.15, 0.2) is 34.9 Å². The largest absolute Gasteiger partial charge is 0.390 e. The molecule has 1 aromatic carbocycles. The molecule has 1 nitrogen and oxygen atoms in total. The second-order valence-electron chi connectivity index (χ2n) is 6.94. The second kappa shape index (κ2) is 6.33. The third kappa shape index (κ3) is 4.04. The zero-order chi connectivity index (χ0) is 16.5. The van der Waals surface area contributed by atoms with Crippen LogP contribution in [0.4, 0.5) is 8.78 Å². The third-order valence-corrected chi connectivity index (χ3v) is 4.35. The highest BCUT2D eigenvalue weighted by Gasteiger charge is 2.20. The topological polar surface area (TPSA) is 20.2 Å². The van der Waals surface area contributed by atoms with Crippen molar-refractivity contribution in [3.63, 3.8) is 0 Å². The molecule has 0 unspecified atom stereocenters. The highest BCUT2D eigenvalue weighted by atomic mass is 19.2. The number of allylic oxidation sites excluding steroid dienone is 4. The molecular formula is C19H24F2O. The summed E-state index contributed by atoms with van der Waals surface area (Å²) in [6, 6.07) is 4.11. The van der Waals surface area contributed by atoms with Crippen LogP contribution in [0.3, 0.4) is 0 Å². The van der Waals surface area contributed by atoms with E-state index in [1.807, 2.05) is 20.8 Å². The Hall–Kier alpha value is -1.48. The number of aliphatic hydroxyl groups is 1. The summed E-state index contributed by atoms with van der Waals surface area (Å²) in [5, 5.41) is 9.91. The van der Waals surface area contributed by atoms with Gasteiger partial charge >= 0.3 is 0 Å². The molecule has 0 aliphatic heterocycles. The van der Waals surface area contributed by atoms with Gasteiger partial charge in [-0.3, -0.25) is 0 Å². The van der Waals surface area contributed by atoms with Gasteiger partial charge in [0.25, 0.3) is 0 Å². The van der Waals surface area contributed by atoms with Gasteiger partial charge in [0.05, 0.1) is 5.60 Å². The Morgan fingerprint density at radius 1 is 1.05 bits per heavy atom. The molecule has 0 heterocycles. The molecule has 3 heteroatoms. The second-order valence-corrected chi connectivity index (χ2v) is 6.94. The van der Waals surface area contributed by atoms with Gasteiger partial charge in [-0.05, 0) is 76.6 Å². The highest BCUT2D eigenvalue weighted by Crippen LogP contribution is 2.38. The molecule has 120 valence electrons. The predicted octanol–water partition coefficient (Wildman–Crippen LogP) is 5.40. The van der Waals surface area contributed by atoms with Gasteiger partial charge in [0.15, 0.2) is 11.6 Å². The first kappa shape index (κ1) is 16.9. The summed E-state index contributed by atoms with van der Waals surface area (Å²) >= 11 is 0. The molecule has 0 spiro atoms. The Morgan fingerprint density at radius 3 is 2.32 bits per heavy atom. The average molecular weight is 306 g/mol. The smallest absolute Gasteiger partial charge is 0.159 e. The SMILES string of the molecule is CC1=C(CCC(C)(C)O)CC(c2ccc(F)c(F)c2)=C(C)C1. The summed E-state index contributed by atoms with van der Waals surface area (Å²) in [5.41, 5.74) is 4.97. The van der Waals surface area contributed by atoms with Crippen LogP contribution >= 0.6 is 0 Å². The molecule has 0 fully saturated rings. The highest BCUT2D eigenvalue weighted by molar-refractivity contribution is 5.72. The molecule has 0 amide bonds. The normalized spacial score (nSPS) is 16.5. The monoisotopic (exact) mass is 306 g/mol. The maximum Gasteiger partial charge on any atom is 0.159 e. The van der Waals surface area contributed by atoms with Crippen molar-refractivity contribution in [2.45, 2.75) is 59.0 Å². The number of benzene rings is 1. The van der Waals surface area contributed by atoms with E-state index >= 15 is 0 Å². The van der Waals surface area contributed by atoms with Crippen molar-refractivity contribution in [1.82, 2.24) is 0 Å². The minimum Gasteiger partial charge on any atom is -0.390 e. The van der Waals surface area contributed by atoms with Gasteiger partial charge in [-0.15, -0.1) is 0 Å². The van der Waals surface area contributed by atoms with Gasteiger partial charge in [0.2, 0.25) is 0 Å². The summed E-state index contributed by atoms with van der Waals surface area (Å²) in [5.74, 6) is -1.62. The number of halogens is 2. The molecule has 0 saturated heterocycles. The zero-order valence-electron chi connectivity index (χ0n) is 13.8. The van der Waals surface area contributed by atoms with Crippen molar-refractivity contribution < 1.29 is 13.9 Å². The van der Waals surface area contributed by atoms with E-state index < -0.39 is 17.2 Å². The fraction of sp³-hybridized carbons (Fsp3) is 0.474. The lowest BCUT2D eigenvalue weighted by atomic mass is 9.81. The molecule has 1 aliphatic carbocycles. The van der Waals surface area contributed by atoms with Crippen LogP contribution in [0.25, 0.3) is 5.57 Å². The van der Waals surface area contributed by atoms with Gasteiger partial charge in [0, 0.05) is 0 Å². The number of hydrogen-bond donors (Lipinski definition) is 1.